The van der Waals surface area contributed by atoms with E-state index >= 15 is 0 Å². The van der Waals surface area contributed by atoms with Crippen LogP contribution in [0, 0.1) is 26.7 Å². The lowest BCUT2D eigenvalue weighted by molar-refractivity contribution is -0.897. The number of nitrogens with one attached hydrogen (secondary N) is 3. The second-order valence-electron chi connectivity index (χ2n) is 8.58. The fourth-order valence-electron chi connectivity index (χ4n) is 4.47. The summed E-state index contributed by atoms with van der Waals surface area (Å²) in [7, 11) is 0. The van der Waals surface area contributed by atoms with Crippen molar-refractivity contribution in [2.24, 2.45) is 5.92 Å². The number of hydrogen-bond acceptors (Lipinski definition) is 4. The van der Waals surface area contributed by atoms with Gasteiger partial charge in [0.05, 0.1) is 13.1 Å². The van der Waals surface area contributed by atoms with Gasteiger partial charge in [-0.3, -0.25) is 9.59 Å². The molecule has 0 atom stereocenters. The third-order valence-corrected chi connectivity index (χ3v) is 6.06. The number of benzene rings is 2. The van der Waals surface area contributed by atoms with Crippen LogP contribution in [0.1, 0.15) is 29.5 Å². The number of hydrogen-bond donors (Lipinski definition) is 3. The van der Waals surface area contributed by atoms with E-state index in [2.05, 4.69) is 29.7 Å². The maximum absolute atomic E-state index is 12.7. The van der Waals surface area contributed by atoms with Crippen LogP contribution in [0.4, 0.5) is 11.4 Å². The van der Waals surface area contributed by atoms with E-state index in [4.69, 9.17) is 9.47 Å². The van der Waals surface area contributed by atoms with E-state index < -0.39 is 0 Å². The summed E-state index contributed by atoms with van der Waals surface area (Å²) in [6.07, 6.45) is 1.53. The van der Waals surface area contributed by atoms with Crippen molar-refractivity contribution >= 4 is 23.2 Å². The predicted octanol–water partition coefficient (Wildman–Crippen LogP) is 2.21. The molecule has 4 rings (SSSR count). The van der Waals surface area contributed by atoms with Crippen LogP contribution in [0.3, 0.4) is 0 Å². The lowest BCUT2D eigenvalue weighted by Gasteiger charge is -2.28. The standard InChI is InChI=1S/C24H29N3O4/c1-15-10-16(2)23(17(3)11-15)26-22(28)13-27-8-6-18(7-9-27)24(29)25-19-4-5-20-21(12-19)31-14-30-20/h4-5,10-12,18H,6-9,13-14H2,1-3H3,(H,25,29)(H,26,28)/p+1. The second-order valence-corrected chi connectivity index (χ2v) is 8.58. The summed E-state index contributed by atoms with van der Waals surface area (Å²) in [5, 5.41) is 6.06. The van der Waals surface area contributed by atoms with Crippen molar-refractivity contribution in [1.29, 1.82) is 0 Å². The number of quaternary nitrogens is 1. The van der Waals surface area contributed by atoms with Crippen molar-refractivity contribution in [2.45, 2.75) is 33.6 Å². The van der Waals surface area contributed by atoms with Crippen LogP contribution in [0.5, 0.6) is 11.5 Å². The fraction of sp³-hybridized carbons (Fsp3) is 0.417. The highest BCUT2D eigenvalue weighted by Gasteiger charge is 2.29. The maximum Gasteiger partial charge on any atom is 0.279 e. The molecule has 1 fully saturated rings. The van der Waals surface area contributed by atoms with Crippen molar-refractivity contribution < 1.29 is 24.0 Å². The van der Waals surface area contributed by atoms with Gasteiger partial charge < -0.3 is 25.0 Å². The number of fused-ring (bicyclic) bond motifs is 1. The molecule has 1 saturated heterocycles. The molecule has 0 bridgehead atoms. The Balaban J connectivity index is 1.26. The van der Waals surface area contributed by atoms with E-state index in [9.17, 15) is 9.59 Å². The number of likely N-dealkylation sites (tertiary alicyclic amines) is 1. The molecule has 3 N–H and O–H groups in total. The third-order valence-electron chi connectivity index (χ3n) is 6.06. The summed E-state index contributed by atoms with van der Waals surface area (Å²) in [6, 6.07) is 9.59. The van der Waals surface area contributed by atoms with Gasteiger partial charge in [-0.25, -0.2) is 0 Å². The minimum Gasteiger partial charge on any atom is -0.454 e. The van der Waals surface area contributed by atoms with Gasteiger partial charge in [-0.1, -0.05) is 17.7 Å². The van der Waals surface area contributed by atoms with Gasteiger partial charge in [0.25, 0.3) is 5.91 Å². The summed E-state index contributed by atoms with van der Waals surface area (Å²) in [5.41, 5.74) is 4.99. The number of anilines is 2. The van der Waals surface area contributed by atoms with Gasteiger partial charge in [0.2, 0.25) is 12.7 Å². The van der Waals surface area contributed by atoms with Gasteiger partial charge in [0, 0.05) is 36.2 Å². The van der Waals surface area contributed by atoms with Crippen LogP contribution in [0.2, 0.25) is 0 Å². The Morgan fingerprint density at radius 1 is 0.968 bits per heavy atom. The molecule has 2 heterocycles. The Bertz CT molecular complexity index is 973. The van der Waals surface area contributed by atoms with E-state index in [1.54, 1.807) is 12.1 Å². The number of rotatable bonds is 5. The summed E-state index contributed by atoms with van der Waals surface area (Å²) in [6.45, 7) is 8.34. The number of piperidine rings is 1. The van der Waals surface area contributed by atoms with E-state index in [1.807, 2.05) is 19.9 Å². The predicted molar refractivity (Wildman–Crippen MR) is 119 cm³/mol. The third kappa shape index (κ3) is 4.99. The van der Waals surface area contributed by atoms with Crippen molar-refractivity contribution in [2.75, 3.05) is 37.1 Å². The quantitative estimate of drug-likeness (QED) is 0.688. The van der Waals surface area contributed by atoms with Gasteiger partial charge in [-0.2, -0.15) is 0 Å². The van der Waals surface area contributed by atoms with Gasteiger partial charge in [-0.05, 0) is 44.0 Å². The van der Waals surface area contributed by atoms with Crippen molar-refractivity contribution in [3.63, 3.8) is 0 Å². The average Bonchev–Trinajstić information content (AvgIpc) is 3.19. The van der Waals surface area contributed by atoms with Gasteiger partial charge >= 0.3 is 0 Å². The highest BCUT2D eigenvalue weighted by molar-refractivity contribution is 5.94. The largest absolute Gasteiger partial charge is 0.454 e. The summed E-state index contributed by atoms with van der Waals surface area (Å²) >= 11 is 0. The Labute approximate surface area is 182 Å². The molecule has 2 aliphatic rings. The Kier molecular flexibility index (Phi) is 6.13. The number of aryl methyl sites for hydroxylation is 3. The van der Waals surface area contributed by atoms with Gasteiger partial charge in [0.15, 0.2) is 18.0 Å². The smallest absolute Gasteiger partial charge is 0.279 e. The van der Waals surface area contributed by atoms with Crippen LogP contribution in [0.15, 0.2) is 30.3 Å². The van der Waals surface area contributed by atoms with E-state index in [-0.39, 0.29) is 24.5 Å². The zero-order chi connectivity index (χ0) is 22.0. The van der Waals surface area contributed by atoms with E-state index in [1.165, 1.54) is 10.5 Å². The molecule has 2 amide bonds. The first kappa shape index (κ1) is 21.2. The number of carbonyl (C=O) groups excluding carboxylic acids is 2. The minimum atomic E-state index is -0.0428. The molecular weight excluding hydrogens is 394 g/mol. The molecule has 0 spiro atoms. The lowest BCUT2D eigenvalue weighted by Crippen LogP contribution is -3.14. The first-order valence-corrected chi connectivity index (χ1v) is 10.8. The SMILES string of the molecule is Cc1cc(C)c(NC(=O)C[NH+]2CCC(C(=O)Nc3ccc4c(c3)OCO4)CC2)c(C)c1. The van der Waals surface area contributed by atoms with Crippen molar-refractivity contribution in [1.82, 2.24) is 0 Å². The molecular formula is C24H30N3O4+. The first-order valence-electron chi connectivity index (χ1n) is 10.8. The summed E-state index contributed by atoms with van der Waals surface area (Å²) in [5.74, 6) is 1.35. The maximum atomic E-state index is 12.7. The van der Waals surface area contributed by atoms with Crippen molar-refractivity contribution in [3.05, 3.63) is 47.0 Å². The molecule has 7 heteroatoms. The highest BCUT2D eigenvalue weighted by Crippen LogP contribution is 2.34. The van der Waals surface area contributed by atoms with Crippen LogP contribution in [-0.4, -0.2) is 38.2 Å². The molecule has 31 heavy (non-hydrogen) atoms. The van der Waals surface area contributed by atoms with Crippen LogP contribution >= 0.6 is 0 Å². The molecule has 0 aliphatic carbocycles. The van der Waals surface area contributed by atoms with Crippen LogP contribution in [0.25, 0.3) is 0 Å². The van der Waals surface area contributed by atoms with Gasteiger partial charge in [-0.15, -0.1) is 0 Å². The van der Waals surface area contributed by atoms with E-state index in [0.29, 0.717) is 23.7 Å². The van der Waals surface area contributed by atoms with Crippen LogP contribution in [-0.2, 0) is 9.59 Å². The normalized spacial score (nSPS) is 19.7. The van der Waals surface area contributed by atoms with Crippen molar-refractivity contribution in [3.8, 4) is 11.5 Å². The Morgan fingerprint density at radius 2 is 1.65 bits per heavy atom. The minimum absolute atomic E-state index is 0.0215. The zero-order valence-electron chi connectivity index (χ0n) is 18.3. The number of ether oxygens (including phenoxy) is 2. The molecule has 2 aliphatic heterocycles. The summed E-state index contributed by atoms with van der Waals surface area (Å²) in [4.78, 5) is 26.5. The molecule has 0 saturated carbocycles. The molecule has 0 aromatic heterocycles. The molecule has 164 valence electrons. The molecule has 2 aromatic carbocycles. The lowest BCUT2D eigenvalue weighted by atomic mass is 9.95. The molecule has 7 nitrogen and oxygen atoms in total. The monoisotopic (exact) mass is 424 g/mol. The molecule has 0 unspecified atom stereocenters. The molecule has 0 radical (unpaired) electrons. The number of amides is 2. The first-order chi connectivity index (χ1) is 14.9. The summed E-state index contributed by atoms with van der Waals surface area (Å²) < 4.78 is 10.7. The van der Waals surface area contributed by atoms with Crippen LogP contribution < -0.4 is 25.0 Å². The Hall–Kier alpha value is -3.06. The second kappa shape index (κ2) is 8.98. The average molecular weight is 425 g/mol. The zero-order valence-corrected chi connectivity index (χ0v) is 18.3. The topological polar surface area (TPSA) is 81.1 Å². The highest BCUT2D eigenvalue weighted by atomic mass is 16.7. The number of carbonyl (C=O) groups is 2. The fourth-order valence-corrected chi connectivity index (χ4v) is 4.47. The Morgan fingerprint density at radius 3 is 2.35 bits per heavy atom. The van der Waals surface area contributed by atoms with Gasteiger partial charge in [0.1, 0.15) is 0 Å². The van der Waals surface area contributed by atoms with E-state index in [0.717, 1.165) is 42.7 Å². The molecule has 2 aromatic rings.